The minimum atomic E-state index is -0.450. The first kappa shape index (κ1) is 17.6. The van der Waals surface area contributed by atoms with E-state index in [2.05, 4.69) is 22.5 Å². The number of carbonyl (C=O) groups is 2. The van der Waals surface area contributed by atoms with E-state index in [0.717, 1.165) is 19.3 Å². The molecule has 2 N–H and O–H groups in total. The molecule has 0 bridgehead atoms. The van der Waals surface area contributed by atoms with Crippen LogP contribution in [0.1, 0.15) is 46.9 Å². The molecule has 0 radical (unpaired) electrons. The van der Waals surface area contributed by atoms with Crippen molar-refractivity contribution in [1.82, 2.24) is 10.3 Å². The number of nitrogens with one attached hydrogen (secondary N) is 2. The van der Waals surface area contributed by atoms with E-state index in [9.17, 15) is 14.0 Å². The number of unbranched alkanes of at least 4 members (excludes halogenated alkanes) is 2. The van der Waals surface area contributed by atoms with E-state index in [1.54, 1.807) is 6.07 Å². The Bertz CT molecular complexity index is 719. The van der Waals surface area contributed by atoms with Gasteiger partial charge in [0.05, 0.1) is 11.1 Å². The Morgan fingerprint density at radius 1 is 1.08 bits per heavy atom. The predicted octanol–water partition coefficient (Wildman–Crippen LogP) is 3.39. The molecule has 24 heavy (non-hydrogen) atoms. The molecule has 0 atom stereocenters. The lowest BCUT2D eigenvalue weighted by Gasteiger charge is -2.07. The Kier molecular flexibility index (Phi) is 6.42. The average molecular weight is 329 g/mol. The molecule has 126 valence electrons. The molecule has 0 aliphatic rings. The van der Waals surface area contributed by atoms with Crippen molar-refractivity contribution in [3.63, 3.8) is 0 Å². The van der Waals surface area contributed by atoms with Crippen LogP contribution in [0, 0.1) is 5.82 Å². The van der Waals surface area contributed by atoms with E-state index >= 15 is 0 Å². The number of halogens is 1. The van der Waals surface area contributed by atoms with Gasteiger partial charge in [-0.25, -0.2) is 4.39 Å². The van der Waals surface area contributed by atoms with Crippen LogP contribution in [0.15, 0.2) is 42.7 Å². The summed E-state index contributed by atoms with van der Waals surface area (Å²) in [6, 6.07) is 7.06. The van der Waals surface area contributed by atoms with Gasteiger partial charge >= 0.3 is 0 Å². The Hall–Kier alpha value is -2.76. The summed E-state index contributed by atoms with van der Waals surface area (Å²) in [7, 11) is 0. The lowest BCUT2D eigenvalue weighted by atomic mass is 10.1. The average Bonchev–Trinajstić information content (AvgIpc) is 2.58. The van der Waals surface area contributed by atoms with Crippen molar-refractivity contribution in [2.75, 3.05) is 11.9 Å². The Balaban J connectivity index is 2.01. The zero-order chi connectivity index (χ0) is 17.4. The van der Waals surface area contributed by atoms with Crippen LogP contribution < -0.4 is 10.6 Å². The summed E-state index contributed by atoms with van der Waals surface area (Å²) >= 11 is 0. The molecule has 2 amide bonds. The highest BCUT2D eigenvalue weighted by Gasteiger charge is 2.11. The molecule has 0 fully saturated rings. The summed E-state index contributed by atoms with van der Waals surface area (Å²) in [5.74, 6) is -1.15. The van der Waals surface area contributed by atoms with Crippen LogP contribution in [0.3, 0.4) is 0 Å². The van der Waals surface area contributed by atoms with Gasteiger partial charge in [0, 0.05) is 24.6 Å². The minimum Gasteiger partial charge on any atom is -0.352 e. The number of rotatable bonds is 7. The summed E-state index contributed by atoms with van der Waals surface area (Å²) in [5, 5.41) is 5.37. The number of amides is 2. The number of benzene rings is 1. The van der Waals surface area contributed by atoms with Gasteiger partial charge in [0.1, 0.15) is 5.82 Å². The van der Waals surface area contributed by atoms with Crippen molar-refractivity contribution in [2.45, 2.75) is 26.2 Å². The van der Waals surface area contributed by atoms with Crippen LogP contribution in [-0.2, 0) is 0 Å². The first-order valence-corrected chi connectivity index (χ1v) is 7.90. The van der Waals surface area contributed by atoms with E-state index in [0.29, 0.717) is 17.8 Å². The molecule has 5 nitrogen and oxygen atoms in total. The number of hydrogen-bond acceptors (Lipinski definition) is 3. The fourth-order valence-corrected chi connectivity index (χ4v) is 2.14. The quantitative estimate of drug-likeness (QED) is 0.765. The molecule has 0 aliphatic heterocycles. The minimum absolute atomic E-state index is 0.237. The molecular weight excluding hydrogens is 309 g/mol. The second-order valence-corrected chi connectivity index (χ2v) is 5.39. The van der Waals surface area contributed by atoms with Gasteiger partial charge in [0.15, 0.2) is 0 Å². The molecular formula is C18H20FN3O2. The van der Waals surface area contributed by atoms with Crippen LogP contribution in [0.5, 0.6) is 0 Å². The summed E-state index contributed by atoms with van der Waals surface area (Å²) in [5.41, 5.74) is 0.897. The predicted molar refractivity (Wildman–Crippen MR) is 90.4 cm³/mol. The smallest absolute Gasteiger partial charge is 0.257 e. The van der Waals surface area contributed by atoms with Crippen molar-refractivity contribution in [1.29, 1.82) is 0 Å². The third-order valence-corrected chi connectivity index (χ3v) is 3.41. The van der Waals surface area contributed by atoms with Crippen molar-refractivity contribution in [3.05, 3.63) is 59.7 Å². The first-order valence-electron chi connectivity index (χ1n) is 7.90. The summed E-state index contributed by atoms with van der Waals surface area (Å²) in [4.78, 5) is 28.2. The van der Waals surface area contributed by atoms with E-state index in [4.69, 9.17) is 0 Å². The summed E-state index contributed by atoms with van der Waals surface area (Å²) in [6.07, 6.45) is 5.81. The van der Waals surface area contributed by atoms with E-state index in [1.165, 1.54) is 36.7 Å². The highest BCUT2D eigenvalue weighted by atomic mass is 19.1. The fraction of sp³-hybridized carbons (Fsp3) is 0.278. The maximum atomic E-state index is 13.1. The SMILES string of the molecule is CCCCCNC(=O)c1cncc(C(=O)Nc2cccc(F)c2)c1. The van der Waals surface area contributed by atoms with Gasteiger partial charge in [-0.3, -0.25) is 14.6 Å². The number of carbonyl (C=O) groups excluding carboxylic acids is 2. The largest absolute Gasteiger partial charge is 0.352 e. The zero-order valence-corrected chi connectivity index (χ0v) is 13.5. The molecule has 1 heterocycles. The molecule has 2 aromatic rings. The number of aromatic nitrogens is 1. The molecule has 0 aliphatic carbocycles. The second-order valence-electron chi connectivity index (χ2n) is 5.39. The first-order chi connectivity index (χ1) is 11.6. The van der Waals surface area contributed by atoms with Crippen molar-refractivity contribution in [3.8, 4) is 0 Å². The van der Waals surface area contributed by atoms with Crippen molar-refractivity contribution in [2.24, 2.45) is 0 Å². The lowest BCUT2D eigenvalue weighted by Crippen LogP contribution is -2.25. The van der Waals surface area contributed by atoms with E-state index < -0.39 is 11.7 Å². The van der Waals surface area contributed by atoms with Crippen molar-refractivity contribution < 1.29 is 14.0 Å². The maximum absolute atomic E-state index is 13.1. The number of nitrogens with zero attached hydrogens (tertiary/aromatic N) is 1. The molecule has 0 unspecified atom stereocenters. The van der Waals surface area contributed by atoms with Gasteiger partial charge in [-0.2, -0.15) is 0 Å². The van der Waals surface area contributed by atoms with Gasteiger partial charge in [-0.1, -0.05) is 25.8 Å². The standard InChI is InChI=1S/C18H20FN3O2/c1-2-3-4-8-21-17(23)13-9-14(12-20-11-13)18(24)22-16-7-5-6-15(19)10-16/h5-7,9-12H,2-4,8H2,1H3,(H,21,23)(H,22,24). The molecule has 0 spiro atoms. The fourth-order valence-electron chi connectivity index (χ4n) is 2.14. The van der Waals surface area contributed by atoms with Gasteiger partial charge in [0.25, 0.3) is 11.8 Å². The molecule has 0 saturated carbocycles. The molecule has 0 saturated heterocycles. The monoisotopic (exact) mass is 329 g/mol. The number of hydrogen-bond donors (Lipinski definition) is 2. The zero-order valence-electron chi connectivity index (χ0n) is 13.5. The van der Waals surface area contributed by atoms with Crippen LogP contribution in [0.2, 0.25) is 0 Å². The molecule has 6 heteroatoms. The van der Waals surface area contributed by atoms with Gasteiger partial charge in [-0.15, -0.1) is 0 Å². The lowest BCUT2D eigenvalue weighted by molar-refractivity contribution is 0.0952. The normalized spacial score (nSPS) is 10.2. The maximum Gasteiger partial charge on any atom is 0.257 e. The highest BCUT2D eigenvalue weighted by molar-refractivity contribution is 6.05. The summed E-state index contributed by atoms with van der Waals surface area (Å²) in [6.45, 7) is 2.68. The van der Waals surface area contributed by atoms with Gasteiger partial charge < -0.3 is 10.6 Å². The second kappa shape index (κ2) is 8.76. The topological polar surface area (TPSA) is 71.1 Å². The van der Waals surface area contributed by atoms with Gasteiger partial charge in [-0.05, 0) is 30.7 Å². The van der Waals surface area contributed by atoms with Gasteiger partial charge in [0.2, 0.25) is 0 Å². The summed E-state index contributed by atoms with van der Waals surface area (Å²) < 4.78 is 13.1. The Morgan fingerprint density at radius 3 is 2.54 bits per heavy atom. The van der Waals surface area contributed by atoms with Crippen LogP contribution in [0.4, 0.5) is 10.1 Å². The molecule has 2 rings (SSSR count). The van der Waals surface area contributed by atoms with Crippen LogP contribution >= 0.6 is 0 Å². The van der Waals surface area contributed by atoms with Crippen LogP contribution in [-0.4, -0.2) is 23.3 Å². The van der Waals surface area contributed by atoms with Crippen LogP contribution in [0.25, 0.3) is 0 Å². The Labute approximate surface area is 140 Å². The highest BCUT2D eigenvalue weighted by Crippen LogP contribution is 2.11. The number of pyridine rings is 1. The van der Waals surface area contributed by atoms with Crippen molar-refractivity contribution >= 4 is 17.5 Å². The molecule has 1 aromatic carbocycles. The molecule has 1 aromatic heterocycles. The third-order valence-electron chi connectivity index (χ3n) is 3.41. The van der Waals surface area contributed by atoms with E-state index in [-0.39, 0.29) is 11.5 Å². The third kappa shape index (κ3) is 5.15. The number of anilines is 1. The van der Waals surface area contributed by atoms with E-state index in [1.807, 2.05) is 0 Å². The Morgan fingerprint density at radius 2 is 1.83 bits per heavy atom.